The number of rotatable bonds is 7. The van der Waals surface area contributed by atoms with E-state index in [-0.39, 0.29) is 0 Å². The molecule has 0 radical (unpaired) electrons. The van der Waals surface area contributed by atoms with Crippen LogP contribution in [0.1, 0.15) is 119 Å². The molecule has 0 N–H and O–H groups in total. The molecule has 0 aliphatic heterocycles. The predicted octanol–water partition coefficient (Wildman–Crippen LogP) is 9.29. The average molecular weight is 431 g/mol. The Bertz CT molecular complexity index is 618. The highest BCUT2D eigenvalue weighted by Gasteiger charge is 2.58. The topological polar surface area (TPSA) is 0 Å². The Hall–Kier alpha value is 0.0900. The van der Waals surface area contributed by atoms with Crippen LogP contribution in [0.25, 0.3) is 0 Å². The third kappa shape index (κ3) is 4.32. The molecule has 172 valence electrons. The molecule has 0 bridgehead atoms. The van der Waals surface area contributed by atoms with Gasteiger partial charge in [0.05, 0.1) is 0 Å². The van der Waals surface area contributed by atoms with E-state index < -0.39 is 0 Å². The molecule has 4 aliphatic carbocycles. The molecule has 7 atom stereocenters. The van der Waals surface area contributed by atoms with Crippen molar-refractivity contribution >= 4 is 11.8 Å². The van der Waals surface area contributed by atoms with Crippen LogP contribution in [-0.4, -0.2) is 10.5 Å². The summed E-state index contributed by atoms with van der Waals surface area (Å²) in [7, 11) is 0. The van der Waals surface area contributed by atoms with Crippen LogP contribution < -0.4 is 0 Å². The van der Waals surface area contributed by atoms with E-state index in [0.29, 0.717) is 10.8 Å². The molecule has 3 fully saturated rings. The molecule has 0 saturated heterocycles. The molecule has 0 amide bonds. The van der Waals surface area contributed by atoms with Crippen LogP contribution in [0.2, 0.25) is 0 Å². The number of fused-ring (bicyclic) bond motifs is 5. The Morgan fingerprint density at radius 3 is 2.50 bits per heavy atom. The highest BCUT2D eigenvalue weighted by Crippen LogP contribution is 2.67. The molecule has 4 aliphatic rings. The van der Waals surface area contributed by atoms with E-state index >= 15 is 0 Å². The fraction of sp³-hybridized carbons (Fsp3) is 0.931. The van der Waals surface area contributed by atoms with Gasteiger partial charge in [-0.3, -0.25) is 0 Å². The van der Waals surface area contributed by atoms with E-state index in [1.165, 1.54) is 77.0 Å². The van der Waals surface area contributed by atoms with Gasteiger partial charge in [0.15, 0.2) is 0 Å². The second-order valence-corrected chi connectivity index (χ2v) is 14.7. The van der Waals surface area contributed by atoms with Crippen molar-refractivity contribution in [3.8, 4) is 0 Å². The summed E-state index contributed by atoms with van der Waals surface area (Å²) in [6.07, 6.45) is 20.5. The summed E-state index contributed by atoms with van der Waals surface area (Å²) in [4.78, 5) is 0. The first-order valence-corrected chi connectivity index (χ1v) is 14.5. The fourth-order valence-electron chi connectivity index (χ4n) is 8.65. The molecular weight excluding hydrogens is 380 g/mol. The molecule has 30 heavy (non-hydrogen) atoms. The van der Waals surface area contributed by atoms with Crippen molar-refractivity contribution in [1.82, 2.24) is 0 Å². The molecule has 0 aromatic heterocycles. The maximum atomic E-state index is 2.77. The van der Waals surface area contributed by atoms with Crippen molar-refractivity contribution < 1.29 is 0 Å². The van der Waals surface area contributed by atoms with E-state index in [2.05, 4.69) is 59.4 Å². The summed E-state index contributed by atoms with van der Waals surface area (Å²) >= 11 is 2.24. The summed E-state index contributed by atoms with van der Waals surface area (Å²) in [5.74, 6) is 4.90. The zero-order valence-corrected chi connectivity index (χ0v) is 21.8. The van der Waals surface area contributed by atoms with Gasteiger partial charge in [-0.1, -0.05) is 72.5 Å². The van der Waals surface area contributed by atoms with Crippen LogP contribution in [-0.2, 0) is 0 Å². The molecule has 1 heteroatoms. The van der Waals surface area contributed by atoms with E-state index in [0.717, 1.165) is 40.1 Å². The van der Waals surface area contributed by atoms with Crippen molar-refractivity contribution in [2.24, 2.45) is 40.4 Å². The molecule has 0 heterocycles. The van der Waals surface area contributed by atoms with Gasteiger partial charge in [-0.05, 0) is 103 Å². The van der Waals surface area contributed by atoms with Crippen molar-refractivity contribution in [3.63, 3.8) is 0 Å². The monoisotopic (exact) mass is 430 g/mol. The third-order valence-electron chi connectivity index (χ3n) is 10.3. The minimum Gasteiger partial charge on any atom is -0.155 e. The van der Waals surface area contributed by atoms with Gasteiger partial charge in [-0.25, -0.2) is 0 Å². The number of unbranched alkanes of at least 4 members (excludes halogenated alkanes) is 1. The lowest BCUT2D eigenvalue weighted by molar-refractivity contribution is -0.0422. The lowest BCUT2D eigenvalue weighted by Crippen LogP contribution is -2.50. The molecule has 0 aromatic carbocycles. The van der Waals surface area contributed by atoms with Gasteiger partial charge in [0.1, 0.15) is 0 Å². The Morgan fingerprint density at radius 2 is 1.77 bits per heavy atom. The fourth-order valence-corrected chi connectivity index (χ4v) is 9.95. The van der Waals surface area contributed by atoms with Gasteiger partial charge < -0.3 is 0 Å². The van der Waals surface area contributed by atoms with E-state index in [1.54, 1.807) is 0 Å². The van der Waals surface area contributed by atoms with Gasteiger partial charge in [-0.2, -0.15) is 11.8 Å². The lowest BCUT2D eigenvalue weighted by atomic mass is 9.47. The minimum absolute atomic E-state index is 0.535. The highest BCUT2D eigenvalue weighted by molar-refractivity contribution is 8.00. The Balaban J connectivity index is 1.43. The van der Waals surface area contributed by atoms with E-state index in [9.17, 15) is 0 Å². The largest absolute Gasteiger partial charge is 0.155 e. The van der Waals surface area contributed by atoms with Crippen molar-refractivity contribution in [3.05, 3.63) is 11.6 Å². The van der Waals surface area contributed by atoms with Gasteiger partial charge in [-0.15, -0.1) is 0 Å². The maximum absolute atomic E-state index is 2.77. The Labute approximate surface area is 192 Å². The summed E-state index contributed by atoms with van der Waals surface area (Å²) < 4.78 is 0. The zero-order valence-electron chi connectivity index (χ0n) is 21.0. The highest BCUT2D eigenvalue weighted by atomic mass is 32.2. The summed E-state index contributed by atoms with van der Waals surface area (Å²) in [6.45, 7) is 14.9. The van der Waals surface area contributed by atoms with Gasteiger partial charge in [0.2, 0.25) is 0 Å². The quantitative estimate of drug-likeness (QED) is 0.286. The summed E-state index contributed by atoms with van der Waals surface area (Å²) in [5.41, 5.74) is 3.07. The Kier molecular flexibility index (Phi) is 7.09. The van der Waals surface area contributed by atoms with E-state index in [1.807, 2.05) is 5.57 Å². The van der Waals surface area contributed by atoms with Gasteiger partial charge in [0.25, 0.3) is 0 Å². The second kappa shape index (κ2) is 9.15. The molecule has 0 spiro atoms. The SMILES string of the molecule is CC(C)CCCCC1CCC2C3CC=C4C[C@@H](SC(C)C)CCC4(C)C3CCC12C. The third-order valence-corrected chi connectivity index (χ3v) is 11.6. The maximum Gasteiger partial charge on any atom is 0.00873 e. The summed E-state index contributed by atoms with van der Waals surface area (Å²) in [6, 6.07) is 0. The predicted molar refractivity (Wildman–Crippen MR) is 135 cm³/mol. The van der Waals surface area contributed by atoms with Gasteiger partial charge in [0, 0.05) is 5.25 Å². The number of hydrogen-bond donors (Lipinski definition) is 0. The number of thioether (sulfide) groups is 1. The van der Waals surface area contributed by atoms with Crippen LogP contribution in [0.5, 0.6) is 0 Å². The van der Waals surface area contributed by atoms with Crippen LogP contribution in [0.15, 0.2) is 11.6 Å². The minimum atomic E-state index is 0.535. The number of allylic oxidation sites excluding steroid dienone is 2. The lowest BCUT2D eigenvalue weighted by Gasteiger charge is -2.58. The molecule has 6 unspecified atom stereocenters. The van der Waals surface area contributed by atoms with E-state index in [4.69, 9.17) is 0 Å². The normalized spacial score (nSPS) is 43.3. The van der Waals surface area contributed by atoms with Crippen molar-refractivity contribution in [2.75, 3.05) is 0 Å². The first kappa shape index (κ1) is 23.3. The average Bonchev–Trinajstić information content (AvgIpc) is 3.01. The van der Waals surface area contributed by atoms with Crippen molar-refractivity contribution in [1.29, 1.82) is 0 Å². The second-order valence-electron chi connectivity index (χ2n) is 12.8. The molecule has 0 aromatic rings. The number of hydrogen-bond acceptors (Lipinski definition) is 1. The first-order chi connectivity index (χ1) is 14.2. The van der Waals surface area contributed by atoms with Crippen molar-refractivity contribution in [2.45, 2.75) is 129 Å². The molecule has 0 nitrogen and oxygen atoms in total. The Morgan fingerprint density at radius 1 is 0.967 bits per heavy atom. The van der Waals surface area contributed by atoms with Gasteiger partial charge >= 0.3 is 0 Å². The first-order valence-electron chi connectivity index (χ1n) is 13.6. The van der Waals surface area contributed by atoms with Crippen LogP contribution in [0.4, 0.5) is 0 Å². The standard InChI is InChI=1S/C29H50S/c1-20(2)9-7-8-10-22-12-14-26-25-13-11-23-19-24(30-21(3)4)15-17-29(23,6)27(25)16-18-28(22,26)5/h11,20-22,24-27H,7-10,12-19H2,1-6H3/t22?,24-,25?,26?,27?,28?,29?/m0/s1. The van der Waals surface area contributed by atoms with Crippen LogP contribution in [0, 0.1) is 40.4 Å². The smallest absolute Gasteiger partial charge is 0.00873 e. The summed E-state index contributed by atoms with van der Waals surface area (Å²) in [5, 5.41) is 1.67. The van der Waals surface area contributed by atoms with Crippen LogP contribution in [0.3, 0.4) is 0 Å². The molecular formula is C29H50S. The molecule has 4 rings (SSSR count). The van der Waals surface area contributed by atoms with Crippen LogP contribution >= 0.6 is 11.8 Å². The zero-order chi connectivity index (χ0) is 21.5. The molecule has 3 saturated carbocycles.